The molecule has 57 heavy (non-hydrogen) atoms. The molecule has 0 aromatic heterocycles. The maximum absolute atomic E-state index is 15.6. The molecule has 9 nitrogen and oxygen atoms in total. The second-order valence-electron chi connectivity index (χ2n) is 19.8. The third-order valence-corrected chi connectivity index (χ3v) is 18.9. The molecular weight excluding hydrogens is 789 g/mol. The van der Waals surface area contributed by atoms with Crippen LogP contribution in [0.15, 0.2) is 21.9 Å². The molecule has 12 aliphatic rings. The molecule has 0 amide bonds. The van der Waals surface area contributed by atoms with Gasteiger partial charge in [-0.25, -0.2) is 17.2 Å². The zero-order valence-corrected chi connectivity index (χ0v) is 32.6. The van der Waals surface area contributed by atoms with Crippen molar-refractivity contribution < 1.29 is 57.5 Å². The summed E-state index contributed by atoms with van der Waals surface area (Å²) in [6, 6.07) is 3.55. The molecule has 12 saturated carbocycles. The average molecular weight is 830 g/mol. The first-order valence-electron chi connectivity index (χ1n) is 20.4. The van der Waals surface area contributed by atoms with Crippen LogP contribution in [0.3, 0.4) is 0 Å². The fraction of sp³-hybridized carbons (Fsp3) is 0.643. The SMILES string of the molecule is O=C1C2CC3CC1CC(c1cc(C45CC6CC(CC(C6)C4=O)C5)cc(C45CC6CC(C4)C(=O)C(C6)C5)c1S(=O)(=O)Oc1c(F)c(F)c(S(=O)(=O)[O-])c(F)c1F)(C3)C2. The predicted octanol–water partition coefficient (Wildman–Crippen LogP) is 6.86. The van der Waals surface area contributed by atoms with E-state index in [1.165, 1.54) is 0 Å². The second-order valence-corrected chi connectivity index (χ2v) is 22.6. The Labute approximate surface area is 327 Å². The van der Waals surface area contributed by atoms with Gasteiger partial charge in [0.15, 0.2) is 11.6 Å². The molecule has 304 valence electrons. The topological polar surface area (TPSA) is 152 Å². The monoisotopic (exact) mass is 829 g/mol. The van der Waals surface area contributed by atoms with Crippen molar-refractivity contribution in [3.8, 4) is 5.75 Å². The zero-order valence-electron chi connectivity index (χ0n) is 31.0. The minimum Gasteiger partial charge on any atom is -0.744 e. The Morgan fingerprint density at radius 1 is 0.544 bits per heavy atom. The molecule has 12 aliphatic carbocycles. The van der Waals surface area contributed by atoms with Crippen LogP contribution in [0.2, 0.25) is 0 Å². The van der Waals surface area contributed by atoms with Crippen molar-refractivity contribution >= 4 is 37.6 Å². The van der Waals surface area contributed by atoms with Crippen molar-refractivity contribution in [2.45, 2.75) is 122 Å². The molecule has 2 aromatic rings. The van der Waals surface area contributed by atoms with Gasteiger partial charge in [-0.05, 0) is 148 Å². The number of carbonyl (C=O) groups is 3. The van der Waals surface area contributed by atoms with Crippen LogP contribution in [0.5, 0.6) is 5.75 Å². The highest BCUT2D eigenvalue weighted by molar-refractivity contribution is 7.87. The standard InChI is InChI=1S/C42H42F4O9S2/c43-30-32(45)38(56(50,51)52)33(46)31(44)36(30)55-57(53,54)37-28(40-10-20-4-23(14-40)34(47)24(5-20)15-40)8-27(42-12-18-1-19(13-42)3-22(2-18)39(42)49)9-29(37)41-11-21-6-25(16-41)35(48)26(7-21)17-41/h8-9,18-26H,1-7,10-17H2,(H,50,51,52)/p-1. The molecule has 0 spiro atoms. The molecule has 6 unspecified atom stereocenters. The summed E-state index contributed by atoms with van der Waals surface area (Å²) in [5.41, 5.74) is -1.54. The quantitative estimate of drug-likeness (QED) is 0.126. The lowest BCUT2D eigenvalue weighted by Gasteiger charge is -2.59. The molecule has 2 aromatic carbocycles. The minimum absolute atomic E-state index is 0.0850. The van der Waals surface area contributed by atoms with Crippen LogP contribution >= 0.6 is 0 Å². The maximum Gasteiger partial charge on any atom is 0.340 e. The summed E-state index contributed by atoms with van der Waals surface area (Å²) < 4.78 is 132. The molecule has 0 radical (unpaired) electrons. The van der Waals surface area contributed by atoms with Crippen molar-refractivity contribution in [3.05, 3.63) is 52.1 Å². The molecule has 0 N–H and O–H groups in total. The Morgan fingerprint density at radius 3 is 1.37 bits per heavy atom. The first-order valence-corrected chi connectivity index (χ1v) is 23.2. The maximum atomic E-state index is 15.6. The van der Waals surface area contributed by atoms with E-state index in [4.69, 9.17) is 4.18 Å². The van der Waals surface area contributed by atoms with Crippen molar-refractivity contribution in [2.75, 3.05) is 0 Å². The van der Waals surface area contributed by atoms with E-state index in [-0.39, 0.29) is 69.9 Å². The van der Waals surface area contributed by atoms with Gasteiger partial charge in [0.25, 0.3) is 0 Å². The van der Waals surface area contributed by atoms with Crippen molar-refractivity contribution in [1.29, 1.82) is 0 Å². The summed E-state index contributed by atoms with van der Waals surface area (Å²) in [4.78, 5) is 38.8. The fourth-order valence-corrected chi connectivity index (χ4v) is 17.5. The summed E-state index contributed by atoms with van der Waals surface area (Å²) in [7, 11) is -11.6. The lowest BCUT2D eigenvalue weighted by atomic mass is 9.44. The molecule has 14 rings (SSSR count). The average Bonchev–Trinajstić information content (AvgIpc) is 3.13. The molecule has 12 fully saturated rings. The summed E-state index contributed by atoms with van der Waals surface area (Å²) in [6.45, 7) is 0. The van der Waals surface area contributed by atoms with Crippen LogP contribution < -0.4 is 4.18 Å². The van der Waals surface area contributed by atoms with E-state index in [1.54, 1.807) is 12.1 Å². The summed E-state index contributed by atoms with van der Waals surface area (Å²) in [5, 5.41) is 0. The van der Waals surface area contributed by atoms with E-state index in [2.05, 4.69) is 0 Å². The van der Waals surface area contributed by atoms with Crippen LogP contribution in [-0.4, -0.2) is 38.7 Å². The molecule has 12 bridgehead atoms. The Kier molecular flexibility index (Phi) is 7.47. The van der Waals surface area contributed by atoms with Crippen molar-refractivity contribution in [3.63, 3.8) is 0 Å². The Hall–Kier alpha value is -3.17. The van der Waals surface area contributed by atoms with Gasteiger partial charge in [-0.3, -0.25) is 14.4 Å². The van der Waals surface area contributed by atoms with Gasteiger partial charge in [-0.15, -0.1) is 0 Å². The lowest BCUT2D eigenvalue weighted by Crippen LogP contribution is -2.57. The van der Waals surface area contributed by atoms with Crippen LogP contribution in [0.25, 0.3) is 0 Å². The number of Topliss-reactive ketones (excluding diaryl/α,β-unsaturated/α-hetero) is 3. The van der Waals surface area contributed by atoms with E-state index >= 15 is 26.0 Å². The minimum atomic E-state index is -6.09. The molecule has 6 atom stereocenters. The smallest absolute Gasteiger partial charge is 0.340 e. The van der Waals surface area contributed by atoms with Crippen molar-refractivity contribution in [2.24, 2.45) is 53.3 Å². The van der Waals surface area contributed by atoms with Gasteiger partial charge in [0.05, 0.1) is 5.41 Å². The number of ketones is 3. The molecule has 15 heteroatoms. The summed E-state index contributed by atoms with van der Waals surface area (Å²) in [6.07, 6.45) is 8.67. The van der Waals surface area contributed by atoms with E-state index in [1.807, 2.05) is 0 Å². The highest BCUT2D eigenvalue weighted by atomic mass is 32.2. The van der Waals surface area contributed by atoms with E-state index in [0.29, 0.717) is 94.4 Å². The molecular formula is C42H41F4O9S2-. The number of hydrogen-bond donors (Lipinski definition) is 0. The van der Waals surface area contributed by atoms with Gasteiger partial charge in [-0.1, -0.05) is 12.1 Å². The van der Waals surface area contributed by atoms with E-state index in [0.717, 1.165) is 19.3 Å². The predicted molar refractivity (Wildman–Crippen MR) is 189 cm³/mol. The number of halogens is 4. The van der Waals surface area contributed by atoms with Gasteiger partial charge in [0, 0.05) is 29.6 Å². The molecule has 0 aliphatic heterocycles. The van der Waals surface area contributed by atoms with Crippen LogP contribution in [0, 0.1) is 76.5 Å². The fourth-order valence-electron chi connectivity index (χ4n) is 15.3. The van der Waals surface area contributed by atoms with Crippen LogP contribution in [0.4, 0.5) is 17.6 Å². The lowest BCUT2D eigenvalue weighted by molar-refractivity contribution is -0.143. The normalized spacial score (nSPS) is 41.1. The van der Waals surface area contributed by atoms with E-state index < -0.39 is 75.3 Å². The largest absolute Gasteiger partial charge is 0.744 e. The third-order valence-electron chi connectivity index (χ3n) is 16.7. The summed E-state index contributed by atoms with van der Waals surface area (Å²) >= 11 is 0. The first kappa shape index (κ1) is 36.9. The number of carbonyl (C=O) groups excluding carboxylic acids is 3. The van der Waals surface area contributed by atoms with Gasteiger partial charge in [0.1, 0.15) is 37.3 Å². The molecule has 0 saturated heterocycles. The van der Waals surface area contributed by atoms with E-state index in [9.17, 15) is 27.4 Å². The number of benzene rings is 2. The van der Waals surface area contributed by atoms with Crippen LogP contribution in [-0.2, 0) is 50.9 Å². The highest BCUT2D eigenvalue weighted by Gasteiger charge is 2.63. The highest BCUT2D eigenvalue weighted by Crippen LogP contribution is 2.66. The second kappa shape index (κ2) is 11.6. The van der Waals surface area contributed by atoms with Gasteiger partial charge >= 0.3 is 10.1 Å². The van der Waals surface area contributed by atoms with Gasteiger partial charge < -0.3 is 8.74 Å². The molecule has 0 heterocycles. The Balaban J connectivity index is 1.19. The van der Waals surface area contributed by atoms with Gasteiger partial charge in [0.2, 0.25) is 17.4 Å². The zero-order chi connectivity index (χ0) is 39.9. The Morgan fingerprint density at radius 2 is 0.947 bits per heavy atom. The third kappa shape index (κ3) is 4.96. The number of rotatable bonds is 7. The van der Waals surface area contributed by atoms with Crippen molar-refractivity contribution in [1.82, 2.24) is 0 Å². The first-order chi connectivity index (χ1) is 26.8. The van der Waals surface area contributed by atoms with Gasteiger partial charge in [-0.2, -0.15) is 17.2 Å². The number of hydrogen-bond acceptors (Lipinski definition) is 9. The van der Waals surface area contributed by atoms with Crippen LogP contribution in [0.1, 0.15) is 113 Å². The summed E-state index contributed by atoms with van der Waals surface area (Å²) in [5.74, 6) is -12.7. The Bertz CT molecular complexity index is 2330.